The minimum atomic E-state index is -0.293. The number of nitrogens with one attached hydrogen (secondary N) is 1. The van der Waals surface area contributed by atoms with Crippen LogP contribution >= 0.6 is 11.6 Å². The molecule has 2 aromatic rings. The first-order valence-corrected chi connectivity index (χ1v) is 7.11. The Balaban J connectivity index is 1.66. The highest BCUT2D eigenvalue weighted by Gasteiger charge is 2.42. The zero-order valence-electron chi connectivity index (χ0n) is 11.3. The topological polar surface area (TPSA) is 75.4 Å². The molecular weight excluding hydrogens is 292 g/mol. The quantitative estimate of drug-likeness (QED) is 0.890. The summed E-state index contributed by atoms with van der Waals surface area (Å²) in [6.07, 6.45) is 1.89. The van der Waals surface area contributed by atoms with Crippen molar-refractivity contribution in [2.24, 2.45) is 5.41 Å². The minimum absolute atomic E-state index is 0.0993. The number of carbonyl (C=O) groups excluding carboxylic acids is 1. The molecule has 1 amide bonds. The van der Waals surface area contributed by atoms with Crippen molar-refractivity contribution in [3.63, 3.8) is 0 Å². The van der Waals surface area contributed by atoms with Gasteiger partial charge in [0.05, 0.1) is 6.61 Å². The number of aromatic nitrogens is 1. The van der Waals surface area contributed by atoms with E-state index >= 15 is 0 Å². The van der Waals surface area contributed by atoms with Crippen LogP contribution in [0.3, 0.4) is 0 Å². The van der Waals surface area contributed by atoms with Gasteiger partial charge in [0.15, 0.2) is 11.5 Å². The molecule has 1 aliphatic rings. The van der Waals surface area contributed by atoms with Crippen molar-refractivity contribution < 1.29 is 14.4 Å². The number of halogens is 1. The smallest absolute Gasteiger partial charge is 0.273 e. The normalized spacial score (nSPS) is 15.7. The van der Waals surface area contributed by atoms with E-state index in [1.165, 1.54) is 0 Å². The summed E-state index contributed by atoms with van der Waals surface area (Å²) in [4.78, 5) is 12.0. The fraction of sp³-hybridized carbons (Fsp3) is 0.333. The van der Waals surface area contributed by atoms with E-state index < -0.39 is 0 Å². The Morgan fingerprint density at radius 3 is 2.71 bits per heavy atom. The lowest BCUT2D eigenvalue weighted by Gasteiger charge is -2.11. The highest BCUT2D eigenvalue weighted by Crippen LogP contribution is 2.44. The van der Waals surface area contributed by atoms with Gasteiger partial charge in [-0.25, -0.2) is 0 Å². The molecule has 1 saturated carbocycles. The predicted molar refractivity (Wildman–Crippen MR) is 78.0 cm³/mol. The van der Waals surface area contributed by atoms with Crippen LogP contribution in [0.2, 0.25) is 5.02 Å². The van der Waals surface area contributed by atoms with Gasteiger partial charge in [-0.3, -0.25) is 4.79 Å². The molecule has 1 heterocycles. The van der Waals surface area contributed by atoms with E-state index in [1.807, 2.05) is 0 Å². The maximum Gasteiger partial charge on any atom is 0.273 e. The number of hydrogen-bond donors (Lipinski definition) is 2. The van der Waals surface area contributed by atoms with Crippen LogP contribution in [-0.4, -0.2) is 29.3 Å². The zero-order chi connectivity index (χ0) is 14.9. The summed E-state index contributed by atoms with van der Waals surface area (Å²) in [5.41, 5.74) is 0.909. The highest BCUT2D eigenvalue weighted by molar-refractivity contribution is 6.30. The second kappa shape index (κ2) is 5.50. The predicted octanol–water partition coefficient (Wildman–Crippen LogP) is 2.50. The van der Waals surface area contributed by atoms with E-state index in [-0.39, 0.29) is 23.6 Å². The summed E-state index contributed by atoms with van der Waals surface area (Å²) in [6, 6.07) is 8.69. The third kappa shape index (κ3) is 3.09. The van der Waals surface area contributed by atoms with Gasteiger partial charge in [0, 0.05) is 28.6 Å². The molecule has 5 nitrogen and oxygen atoms in total. The molecule has 110 valence electrons. The Kier molecular flexibility index (Phi) is 3.69. The van der Waals surface area contributed by atoms with Crippen molar-refractivity contribution in [1.82, 2.24) is 10.5 Å². The Hall–Kier alpha value is -1.85. The molecule has 0 saturated heterocycles. The van der Waals surface area contributed by atoms with Gasteiger partial charge in [0.25, 0.3) is 5.91 Å². The zero-order valence-corrected chi connectivity index (χ0v) is 12.1. The van der Waals surface area contributed by atoms with Crippen molar-refractivity contribution in [2.45, 2.75) is 12.8 Å². The Labute approximate surface area is 126 Å². The molecule has 1 aliphatic carbocycles. The minimum Gasteiger partial charge on any atom is -0.396 e. The number of aliphatic hydroxyl groups excluding tert-OH is 1. The van der Waals surface area contributed by atoms with E-state index in [1.54, 1.807) is 30.3 Å². The molecule has 2 N–H and O–H groups in total. The van der Waals surface area contributed by atoms with Gasteiger partial charge in [-0.05, 0) is 37.1 Å². The fourth-order valence-electron chi connectivity index (χ4n) is 2.06. The van der Waals surface area contributed by atoms with Crippen molar-refractivity contribution in [1.29, 1.82) is 0 Å². The van der Waals surface area contributed by atoms with Gasteiger partial charge < -0.3 is 14.9 Å². The molecule has 1 aromatic carbocycles. The van der Waals surface area contributed by atoms with E-state index in [2.05, 4.69) is 10.5 Å². The second-order valence-corrected chi connectivity index (χ2v) is 5.86. The summed E-state index contributed by atoms with van der Waals surface area (Å²) < 4.78 is 5.18. The largest absolute Gasteiger partial charge is 0.396 e. The first-order chi connectivity index (χ1) is 10.1. The Morgan fingerprint density at radius 1 is 1.38 bits per heavy atom. The van der Waals surface area contributed by atoms with Crippen molar-refractivity contribution in [2.75, 3.05) is 13.2 Å². The number of benzene rings is 1. The molecule has 6 heteroatoms. The molecule has 1 fully saturated rings. The van der Waals surface area contributed by atoms with Gasteiger partial charge in [-0.15, -0.1) is 0 Å². The summed E-state index contributed by atoms with van der Waals surface area (Å²) in [5, 5.41) is 16.4. The summed E-state index contributed by atoms with van der Waals surface area (Å²) >= 11 is 5.83. The monoisotopic (exact) mass is 306 g/mol. The third-order valence-corrected chi connectivity index (χ3v) is 4.04. The SMILES string of the molecule is O=C(NCC1(CO)CC1)c1cc(-c2ccc(Cl)cc2)on1. The van der Waals surface area contributed by atoms with Crippen LogP contribution in [-0.2, 0) is 0 Å². The van der Waals surface area contributed by atoms with Crippen LogP contribution in [0.1, 0.15) is 23.3 Å². The summed E-state index contributed by atoms with van der Waals surface area (Å²) in [5.74, 6) is 0.221. The number of hydrogen-bond acceptors (Lipinski definition) is 4. The number of rotatable bonds is 5. The van der Waals surface area contributed by atoms with Crippen LogP contribution in [0.15, 0.2) is 34.9 Å². The molecule has 0 spiro atoms. The average Bonchev–Trinajstić information content (AvgIpc) is 3.12. The molecule has 3 rings (SSSR count). The molecule has 0 bridgehead atoms. The first kappa shape index (κ1) is 14.1. The standard InChI is InChI=1S/C15H15ClN2O3/c16-11-3-1-10(2-4-11)13-7-12(18-21-13)14(20)17-8-15(9-19)5-6-15/h1-4,7,19H,5-6,8-9H2,(H,17,20). The maximum absolute atomic E-state index is 12.0. The second-order valence-electron chi connectivity index (χ2n) is 5.42. The molecule has 21 heavy (non-hydrogen) atoms. The summed E-state index contributed by atoms with van der Waals surface area (Å²) in [6.45, 7) is 0.563. The van der Waals surface area contributed by atoms with E-state index in [9.17, 15) is 9.90 Å². The van der Waals surface area contributed by atoms with Gasteiger partial charge in [0.2, 0.25) is 0 Å². The molecule has 0 atom stereocenters. The Bertz CT molecular complexity index is 647. The van der Waals surface area contributed by atoms with Gasteiger partial charge in [-0.2, -0.15) is 0 Å². The van der Waals surface area contributed by atoms with E-state index in [4.69, 9.17) is 16.1 Å². The lowest BCUT2D eigenvalue weighted by Crippen LogP contribution is -2.32. The molecule has 0 aliphatic heterocycles. The van der Waals surface area contributed by atoms with Gasteiger partial charge >= 0.3 is 0 Å². The van der Waals surface area contributed by atoms with Crippen LogP contribution < -0.4 is 5.32 Å². The van der Waals surface area contributed by atoms with Crippen LogP contribution in [0.4, 0.5) is 0 Å². The van der Waals surface area contributed by atoms with E-state index in [0.29, 0.717) is 17.3 Å². The van der Waals surface area contributed by atoms with Crippen LogP contribution in [0.5, 0.6) is 0 Å². The van der Waals surface area contributed by atoms with Gasteiger partial charge in [0.1, 0.15) is 0 Å². The van der Waals surface area contributed by atoms with Crippen molar-refractivity contribution >= 4 is 17.5 Å². The third-order valence-electron chi connectivity index (χ3n) is 3.79. The van der Waals surface area contributed by atoms with Gasteiger partial charge in [-0.1, -0.05) is 16.8 Å². The lowest BCUT2D eigenvalue weighted by atomic mass is 10.1. The highest BCUT2D eigenvalue weighted by atomic mass is 35.5. The van der Waals surface area contributed by atoms with Crippen molar-refractivity contribution in [3.8, 4) is 11.3 Å². The number of nitrogens with zero attached hydrogens (tertiary/aromatic N) is 1. The Morgan fingerprint density at radius 2 is 2.10 bits per heavy atom. The summed E-state index contributed by atoms with van der Waals surface area (Å²) in [7, 11) is 0. The number of amides is 1. The fourth-order valence-corrected chi connectivity index (χ4v) is 2.18. The number of aliphatic hydroxyl groups is 1. The average molecular weight is 307 g/mol. The number of carbonyl (C=O) groups is 1. The van der Waals surface area contributed by atoms with Crippen LogP contribution in [0, 0.1) is 5.41 Å². The molecule has 0 unspecified atom stereocenters. The lowest BCUT2D eigenvalue weighted by molar-refractivity contribution is 0.0926. The van der Waals surface area contributed by atoms with E-state index in [0.717, 1.165) is 18.4 Å². The molecular formula is C15H15ClN2O3. The molecule has 0 radical (unpaired) electrons. The maximum atomic E-state index is 12.0. The van der Waals surface area contributed by atoms with Crippen LogP contribution in [0.25, 0.3) is 11.3 Å². The molecule has 1 aromatic heterocycles. The first-order valence-electron chi connectivity index (χ1n) is 6.74. The van der Waals surface area contributed by atoms with Crippen molar-refractivity contribution in [3.05, 3.63) is 41.0 Å².